The predicted octanol–water partition coefficient (Wildman–Crippen LogP) is 2.73. The van der Waals surface area contributed by atoms with Crippen molar-refractivity contribution in [2.75, 3.05) is 26.2 Å². The highest BCUT2D eigenvalue weighted by Gasteiger charge is 2.48. The number of fused-ring (bicyclic) bond motifs is 1. The van der Waals surface area contributed by atoms with Gasteiger partial charge in [-0.3, -0.25) is 9.59 Å². The number of primary amides is 1. The molecule has 4 rings (SSSR count). The molecule has 1 saturated carbocycles. The summed E-state index contributed by atoms with van der Waals surface area (Å²) in [6, 6.07) is 6.16. The van der Waals surface area contributed by atoms with Crippen LogP contribution in [0.4, 0.5) is 4.79 Å². The molecular weight excluding hydrogens is 404 g/mol. The van der Waals surface area contributed by atoms with E-state index in [0.717, 1.165) is 25.7 Å². The van der Waals surface area contributed by atoms with E-state index in [4.69, 9.17) is 17.3 Å². The van der Waals surface area contributed by atoms with Gasteiger partial charge in [0.2, 0.25) is 5.91 Å². The molecule has 0 spiro atoms. The van der Waals surface area contributed by atoms with Crippen LogP contribution in [0.25, 0.3) is 0 Å². The molecule has 0 bridgehead atoms. The van der Waals surface area contributed by atoms with Gasteiger partial charge in [0.1, 0.15) is 6.04 Å². The number of nitrogens with zero attached hydrogens (tertiary/aromatic N) is 3. The SMILES string of the molecule is NC(=O)N1CCCN(C(=O)C2CC3CCCCC3N2C(=O)c2cccc(Cl)c2)CC1. The number of halogens is 1. The molecule has 2 aliphatic heterocycles. The van der Waals surface area contributed by atoms with E-state index in [0.29, 0.717) is 55.5 Å². The Morgan fingerprint density at radius 2 is 1.70 bits per heavy atom. The van der Waals surface area contributed by atoms with Crippen LogP contribution >= 0.6 is 11.6 Å². The van der Waals surface area contributed by atoms with E-state index in [1.54, 1.807) is 29.2 Å². The Kier molecular flexibility index (Phi) is 6.18. The number of benzene rings is 1. The molecule has 8 heteroatoms. The third kappa shape index (κ3) is 4.13. The second-order valence-electron chi connectivity index (χ2n) is 8.59. The molecular formula is C22H29ClN4O3. The third-order valence-corrected chi connectivity index (χ3v) is 7.03. The lowest BCUT2D eigenvalue weighted by molar-refractivity contribution is -0.135. The van der Waals surface area contributed by atoms with Crippen LogP contribution < -0.4 is 5.73 Å². The molecule has 2 N–H and O–H groups in total. The minimum absolute atomic E-state index is 0.00824. The summed E-state index contributed by atoms with van der Waals surface area (Å²) in [4.78, 5) is 43.8. The number of rotatable bonds is 2. The van der Waals surface area contributed by atoms with Crippen molar-refractivity contribution < 1.29 is 14.4 Å². The van der Waals surface area contributed by atoms with E-state index in [9.17, 15) is 14.4 Å². The Morgan fingerprint density at radius 1 is 0.967 bits per heavy atom. The monoisotopic (exact) mass is 432 g/mol. The van der Waals surface area contributed by atoms with E-state index in [1.807, 2.05) is 9.80 Å². The first-order valence-electron chi connectivity index (χ1n) is 10.9. The third-order valence-electron chi connectivity index (χ3n) is 6.80. The molecule has 0 aromatic heterocycles. The summed E-state index contributed by atoms with van der Waals surface area (Å²) in [5.74, 6) is 0.245. The standard InChI is InChI=1S/C22H29ClN4O3/c23-17-7-3-6-16(13-17)20(28)27-18-8-2-1-5-15(18)14-19(27)21(29)25-9-4-10-26(12-11-25)22(24)30/h3,6-7,13,15,18-19H,1-2,4-5,8-12,14H2,(H2,24,30). The van der Waals surface area contributed by atoms with E-state index >= 15 is 0 Å². The van der Waals surface area contributed by atoms with E-state index < -0.39 is 12.1 Å². The molecule has 7 nitrogen and oxygen atoms in total. The largest absolute Gasteiger partial charge is 0.351 e. The van der Waals surface area contributed by atoms with Crippen LogP contribution in [0.5, 0.6) is 0 Å². The number of carbonyl (C=O) groups is 3. The average molecular weight is 433 g/mol. The Balaban J connectivity index is 1.57. The molecule has 3 atom stereocenters. The molecule has 2 saturated heterocycles. The summed E-state index contributed by atoms with van der Waals surface area (Å²) in [6.07, 6.45) is 5.64. The lowest BCUT2D eigenvalue weighted by atomic mass is 9.84. The summed E-state index contributed by atoms with van der Waals surface area (Å²) < 4.78 is 0. The zero-order valence-electron chi connectivity index (χ0n) is 17.1. The summed E-state index contributed by atoms with van der Waals surface area (Å²) in [7, 11) is 0. The summed E-state index contributed by atoms with van der Waals surface area (Å²) in [6.45, 7) is 2.02. The van der Waals surface area contributed by atoms with Crippen molar-refractivity contribution >= 4 is 29.4 Å². The van der Waals surface area contributed by atoms with Crippen LogP contribution in [0, 0.1) is 5.92 Å². The minimum Gasteiger partial charge on any atom is -0.351 e. The first kappa shape index (κ1) is 21.0. The first-order valence-corrected chi connectivity index (χ1v) is 11.2. The maximum Gasteiger partial charge on any atom is 0.314 e. The maximum atomic E-state index is 13.6. The number of carbonyl (C=O) groups excluding carboxylic acids is 3. The smallest absolute Gasteiger partial charge is 0.314 e. The van der Waals surface area contributed by atoms with Crippen molar-refractivity contribution in [1.29, 1.82) is 0 Å². The quantitative estimate of drug-likeness (QED) is 0.779. The summed E-state index contributed by atoms with van der Waals surface area (Å²) >= 11 is 6.12. The van der Waals surface area contributed by atoms with Crippen molar-refractivity contribution in [3.05, 3.63) is 34.9 Å². The van der Waals surface area contributed by atoms with Gasteiger partial charge in [0.25, 0.3) is 5.91 Å². The van der Waals surface area contributed by atoms with Crippen LogP contribution in [0.3, 0.4) is 0 Å². The number of likely N-dealkylation sites (tertiary alicyclic amines) is 1. The number of urea groups is 1. The van der Waals surface area contributed by atoms with Crippen molar-refractivity contribution in [1.82, 2.24) is 14.7 Å². The molecule has 1 aliphatic carbocycles. The van der Waals surface area contributed by atoms with Crippen LogP contribution in [0.1, 0.15) is 48.9 Å². The van der Waals surface area contributed by atoms with E-state index in [1.165, 1.54) is 0 Å². The molecule has 162 valence electrons. The van der Waals surface area contributed by atoms with Gasteiger partial charge < -0.3 is 20.4 Å². The molecule has 2 heterocycles. The van der Waals surface area contributed by atoms with Crippen molar-refractivity contribution in [2.45, 2.75) is 50.6 Å². The van der Waals surface area contributed by atoms with Gasteiger partial charge in [-0.05, 0) is 49.8 Å². The van der Waals surface area contributed by atoms with Gasteiger partial charge in [0.15, 0.2) is 0 Å². The second-order valence-corrected chi connectivity index (χ2v) is 9.03. The minimum atomic E-state index is -0.454. The zero-order valence-corrected chi connectivity index (χ0v) is 17.9. The van der Waals surface area contributed by atoms with Crippen molar-refractivity contribution in [3.8, 4) is 0 Å². The van der Waals surface area contributed by atoms with Gasteiger partial charge in [0, 0.05) is 42.8 Å². The lowest BCUT2D eigenvalue weighted by Gasteiger charge is -2.35. The molecule has 3 aliphatic rings. The van der Waals surface area contributed by atoms with E-state index in [-0.39, 0.29) is 17.9 Å². The van der Waals surface area contributed by atoms with Crippen LogP contribution in [0.15, 0.2) is 24.3 Å². The topological polar surface area (TPSA) is 87.0 Å². The number of amides is 4. The van der Waals surface area contributed by atoms with Crippen molar-refractivity contribution in [2.24, 2.45) is 11.7 Å². The van der Waals surface area contributed by atoms with Crippen LogP contribution in [-0.4, -0.2) is 70.8 Å². The highest BCUT2D eigenvalue weighted by atomic mass is 35.5. The fraction of sp³-hybridized carbons (Fsp3) is 0.591. The Bertz CT molecular complexity index is 832. The molecule has 3 fully saturated rings. The van der Waals surface area contributed by atoms with Gasteiger partial charge in [-0.15, -0.1) is 0 Å². The number of hydrogen-bond donors (Lipinski definition) is 1. The number of hydrogen-bond acceptors (Lipinski definition) is 3. The Labute approximate surface area is 182 Å². The van der Waals surface area contributed by atoms with Gasteiger partial charge >= 0.3 is 6.03 Å². The highest BCUT2D eigenvalue weighted by molar-refractivity contribution is 6.31. The van der Waals surface area contributed by atoms with Gasteiger partial charge in [-0.2, -0.15) is 0 Å². The summed E-state index contributed by atoms with van der Waals surface area (Å²) in [5, 5.41) is 0.516. The Hall–Kier alpha value is -2.28. The zero-order chi connectivity index (χ0) is 21.3. The summed E-state index contributed by atoms with van der Waals surface area (Å²) in [5.41, 5.74) is 5.95. The fourth-order valence-corrected chi connectivity index (χ4v) is 5.50. The lowest BCUT2D eigenvalue weighted by Crippen LogP contribution is -2.51. The van der Waals surface area contributed by atoms with Gasteiger partial charge in [-0.25, -0.2) is 4.79 Å². The number of nitrogens with two attached hydrogens (primary N) is 1. The molecule has 1 aromatic carbocycles. The van der Waals surface area contributed by atoms with Gasteiger partial charge in [0.05, 0.1) is 0 Å². The molecule has 4 amide bonds. The highest BCUT2D eigenvalue weighted by Crippen LogP contribution is 2.41. The maximum absolute atomic E-state index is 13.6. The fourth-order valence-electron chi connectivity index (χ4n) is 5.31. The molecule has 1 aromatic rings. The predicted molar refractivity (Wildman–Crippen MR) is 114 cm³/mol. The van der Waals surface area contributed by atoms with E-state index in [2.05, 4.69) is 0 Å². The second kappa shape index (κ2) is 8.84. The Morgan fingerprint density at radius 3 is 2.47 bits per heavy atom. The molecule has 0 radical (unpaired) electrons. The average Bonchev–Trinajstić information content (AvgIpc) is 2.94. The first-order chi connectivity index (χ1) is 14.5. The molecule has 3 unspecified atom stereocenters. The van der Waals surface area contributed by atoms with Crippen LogP contribution in [0.2, 0.25) is 5.02 Å². The normalized spacial score (nSPS) is 26.8. The van der Waals surface area contributed by atoms with Crippen molar-refractivity contribution in [3.63, 3.8) is 0 Å². The van der Waals surface area contributed by atoms with Gasteiger partial charge in [-0.1, -0.05) is 30.5 Å². The van der Waals surface area contributed by atoms with Crippen LogP contribution in [-0.2, 0) is 4.79 Å². The molecule has 30 heavy (non-hydrogen) atoms.